The number of nitrogens with one attached hydrogen (secondary N) is 1. The van der Waals surface area contributed by atoms with Crippen molar-refractivity contribution in [1.29, 1.82) is 0 Å². The van der Waals surface area contributed by atoms with Gasteiger partial charge in [-0.2, -0.15) is 9.97 Å². The topological polar surface area (TPSA) is 208 Å². The summed E-state index contributed by atoms with van der Waals surface area (Å²) in [6.45, 7) is 1.62. The van der Waals surface area contributed by atoms with Crippen LogP contribution in [0.3, 0.4) is 0 Å². The maximum Gasteiger partial charge on any atom is 0.328 e. The van der Waals surface area contributed by atoms with Crippen molar-refractivity contribution < 1.29 is 23.9 Å². The summed E-state index contributed by atoms with van der Waals surface area (Å²) in [4.78, 5) is 52.8. The number of carbonyl (C=O) groups is 3. The number of nitrogens with zero attached hydrogens (tertiary/aromatic N) is 5. The Bertz CT molecular complexity index is 1360. The second-order valence-corrected chi connectivity index (χ2v) is 8.78. The first kappa shape index (κ1) is 28.1. The van der Waals surface area contributed by atoms with Crippen LogP contribution in [-0.2, 0) is 25.6 Å². The molecule has 3 aromatic rings. The molecule has 2 heterocycles. The minimum absolute atomic E-state index is 0.0275. The summed E-state index contributed by atoms with van der Waals surface area (Å²) in [7, 11) is 3.94. The maximum atomic E-state index is 13.5. The number of hydrogen-bond donors (Lipinski definition) is 3. The number of anilines is 2. The highest BCUT2D eigenvalue weighted by Crippen LogP contribution is 2.28. The maximum absolute atomic E-state index is 13.5. The Balaban J connectivity index is 1.75. The Morgan fingerprint density at radius 3 is 2.53 bits per heavy atom. The van der Waals surface area contributed by atoms with E-state index in [1.807, 2.05) is 0 Å². The van der Waals surface area contributed by atoms with E-state index in [9.17, 15) is 19.6 Å². The van der Waals surface area contributed by atoms with Crippen LogP contribution in [0.5, 0.6) is 0 Å². The zero-order valence-corrected chi connectivity index (χ0v) is 21.6. The fourth-order valence-corrected chi connectivity index (χ4v) is 3.97. The Kier molecular flexibility index (Phi) is 8.70. The average molecular weight is 527 g/mol. The van der Waals surface area contributed by atoms with Gasteiger partial charge in [0.05, 0.1) is 27.5 Å². The molecule has 14 heteroatoms. The molecule has 2 atom stereocenters. The smallest absolute Gasteiger partial charge is 0.328 e. The van der Waals surface area contributed by atoms with Gasteiger partial charge in [0.25, 0.3) is 5.91 Å². The van der Waals surface area contributed by atoms with Crippen LogP contribution in [0, 0.1) is 12.1 Å². The predicted octanol–water partition coefficient (Wildman–Crippen LogP) is 1.14. The highest BCUT2D eigenvalue weighted by molar-refractivity contribution is 5.97. The summed E-state index contributed by atoms with van der Waals surface area (Å²) in [6.07, 6.45) is 2.03. The molecule has 3 rings (SSSR count). The number of aryl methyl sites for hydroxylation is 1. The molecule has 0 aliphatic rings. The van der Waals surface area contributed by atoms with Crippen molar-refractivity contribution in [1.82, 2.24) is 29.9 Å². The standard InChI is InChI=1S/C24H30N8O6/c1-13-10-14(22(34)29-16(23(35)38-4)6-5-7-18(33)37-3)8-9-17(13)32(2,36)12-15-11-27-21-19(28-15)20(25)30-24(26)31-21/h8-11,16H,5-7,12H2,1-4H3,(H,29,34)(H4,25,26,27,30,31)/t16-,32?/m0/s1. The molecule has 1 aromatic carbocycles. The molecule has 0 spiro atoms. The lowest BCUT2D eigenvalue weighted by atomic mass is 10.1. The van der Waals surface area contributed by atoms with Gasteiger partial charge in [-0.1, -0.05) is 0 Å². The number of aromatic nitrogens is 4. The van der Waals surface area contributed by atoms with Gasteiger partial charge in [0.15, 0.2) is 17.0 Å². The second-order valence-electron chi connectivity index (χ2n) is 8.78. The van der Waals surface area contributed by atoms with Crippen LogP contribution in [0.15, 0.2) is 24.4 Å². The third-order valence-electron chi connectivity index (χ3n) is 5.83. The number of hydrogen-bond acceptors (Lipinski definition) is 12. The van der Waals surface area contributed by atoms with Crippen molar-refractivity contribution in [2.24, 2.45) is 0 Å². The first-order chi connectivity index (χ1) is 17.9. The van der Waals surface area contributed by atoms with E-state index in [0.29, 0.717) is 23.4 Å². The van der Waals surface area contributed by atoms with Crippen LogP contribution < -0.4 is 21.4 Å². The van der Waals surface area contributed by atoms with Crippen molar-refractivity contribution >= 4 is 46.5 Å². The number of methoxy groups -OCH3 is 2. The molecule has 1 unspecified atom stereocenters. The Morgan fingerprint density at radius 1 is 1.13 bits per heavy atom. The number of nitrogens with two attached hydrogens (primary N) is 2. The van der Waals surface area contributed by atoms with E-state index in [1.165, 1.54) is 33.5 Å². The molecule has 0 aliphatic heterocycles. The largest absolute Gasteiger partial charge is 0.627 e. The molecular weight excluding hydrogens is 496 g/mol. The lowest BCUT2D eigenvalue weighted by molar-refractivity contribution is -0.144. The molecule has 0 saturated heterocycles. The summed E-state index contributed by atoms with van der Waals surface area (Å²) in [5.74, 6) is -1.54. The summed E-state index contributed by atoms with van der Waals surface area (Å²) < 4.78 is 8.52. The zero-order valence-electron chi connectivity index (χ0n) is 21.6. The van der Waals surface area contributed by atoms with Crippen molar-refractivity contribution in [3.63, 3.8) is 0 Å². The molecular formula is C24H30N8O6. The highest BCUT2D eigenvalue weighted by atomic mass is 16.5. The van der Waals surface area contributed by atoms with Crippen molar-refractivity contribution in [3.05, 3.63) is 46.4 Å². The molecule has 0 saturated carbocycles. The van der Waals surface area contributed by atoms with Gasteiger partial charge < -0.3 is 36.1 Å². The van der Waals surface area contributed by atoms with Gasteiger partial charge >= 0.3 is 11.9 Å². The van der Waals surface area contributed by atoms with Crippen LogP contribution in [0.25, 0.3) is 11.2 Å². The number of ether oxygens (including phenoxy) is 2. The van der Waals surface area contributed by atoms with E-state index < -0.39 is 28.5 Å². The third kappa shape index (κ3) is 6.66. The van der Waals surface area contributed by atoms with E-state index in [0.717, 1.165) is 0 Å². The molecule has 0 radical (unpaired) electrons. The fourth-order valence-electron chi connectivity index (χ4n) is 3.97. The van der Waals surface area contributed by atoms with E-state index in [-0.39, 0.29) is 47.9 Å². The second kappa shape index (κ2) is 11.7. The molecule has 2 aromatic heterocycles. The number of carbonyl (C=O) groups excluding carboxylic acids is 3. The number of benzene rings is 1. The van der Waals surface area contributed by atoms with Gasteiger partial charge in [-0.3, -0.25) is 9.59 Å². The van der Waals surface area contributed by atoms with Crippen LogP contribution in [-0.4, -0.2) is 65.1 Å². The van der Waals surface area contributed by atoms with Gasteiger partial charge in [-0.05, 0) is 31.9 Å². The Labute approximate surface area is 218 Å². The molecule has 0 fully saturated rings. The van der Waals surface area contributed by atoms with Gasteiger partial charge in [0.1, 0.15) is 24.0 Å². The number of quaternary nitrogens is 1. The minimum Gasteiger partial charge on any atom is -0.627 e. The summed E-state index contributed by atoms with van der Waals surface area (Å²) >= 11 is 0. The van der Waals surface area contributed by atoms with Gasteiger partial charge in [0, 0.05) is 23.6 Å². The molecule has 38 heavy (non-hydrogen) atoms. The van der Waals surface area contributed by atoms with Crippen molar-refractivity contribution in [2.75, 3.05) is 32.7 Å². The number of amides is 1. The van der Waals surface area contributed by atoms with Crippen LogP contribution in [0.4, 0.5) is 17.5 Å². The molecule has 5 N–H and O–H groups in total. The summed E-state index contributed by atoms with van der Waals surface area (Å²) in [5, 5.41) is 16.2. The summed E-state index contributed by atoms with van der Waals surface area (Å²) in [6, 6.07) is 3.66. The lowest BCUT2D eigenvalue weighted by Gasteiger charge is -2.38. The number of rotatable bonds is 10. The predicted molar refractivity (Wildman–Crippen MR) is 139 cm³/mol. The van der Waals surface area contributed by atoms with E-state index in [4.69, 9.17) is 16.2 Å². The number of hydroxylamine groups is 2. The lowest BCUT2D eigenvalue weighted by Crippen LogP contribution is -2.42. The van der Waals surface area contributed by atoms with Crippen LogP contribution >= 0.6 is 0 Å². The molecule has 202 valence electrons. The quantitative estimate of drug-likeness (QED) is 0.193. The normalized spacial score (nSPS) is 13.4. The van der Waals surface area contributed by atoms with E-state index in [2.05, 4.69) is 30.0 Å². The minimum atomic E-state index is -0.948. The van der Waals surface area contributed by atoms with Gasteiger partial charge in [0.2, 0.25) is 5.95 Å². The van der Waals surface area contributed by atoms with Crippen molar-refractivity contribution in [3.8, 4) is 0 Å². The van der Waals surface area contributed by atoms with Gasteiger partial charge in [-0.25, -0.2) is 14.8 Å². The van der Waals surface area contributed by atoms with Crippen LogP contribution in [0.1, 0.15) is 40.9 Å². The number of fused-ring (bicyclic) bond motifs is 1. The molecule has 14 nitrogen and oxygen atoms in total. The Morgan fingerprint density at radius 2 is 1.87 bits per heavy atom. The monoisotopic (exact) mass is 526 g/mol. The Hall–Kier alpha value is -4.43. The molecule has 0 bridgehead atoms. The SMILES string of the molecule is COC(=O)CCC[C@H](NC(=O)c1ccc([N+](C)([O-])Cc2cnc3nc(N)nc(N)c3n2)c(C)c1)C(=O)OC. The van der Waals surface area contributed by atoms with E-state index in [1.54, 1.807) is 19.1 Å². The average Bonchev–Trinajstić information content (AvgIpc) is 2.87. The summed E-state index contributed by atoms with van der Waals surface area (Å²) in [5.41, 5.74) is 13.5. The number of esters is 2. The number of nitrogen functional groups attached to an aromatic ring is 2. The first-order valence-electron chi connectivity index (χ1n) is 11.6. The van der Waals surface area contributed by atoms with Gasteiger partial charge in [-0.15, -0.1) is 0 Å². The van der Waals surface area contributed by atoms with Crippen molar-refractivity contribution in [2.45, 2.75) is 38.8 Å². The third-order valence-corrected chi connectivity index (χ3v) is 5.83. The first-order valence-corrected chi connectivity index (χ1v) is 11.6. The van der Waals surface area contributed by atoms with E-state index >= 15 is 0 Å². The molecule has 0 aliphatic carbocycles. The van der Waals surface area contributed by atoms with Crippen LogP contribution in [0.2, 0.25) is 0 Å². The zero-order chi connectivity index (χ0) is 28.0. The molecule has 1 amide bonds. The highest BCUT2D eigenvalue weighted by Gasteiger charge is 2.25. The fraction of sp³-hybridized carbons (Fsp3) is 0.375.